The Labute approximate surface area is 71.1 Å². The molecular formula is C8H14O4. The summed E-state index contributed by atoms with van der Waals surface area (Å²) in [5.41, 5.74) is 0.812. The van der Waals surface area contributed by atoms with Crippen LogP contribution in [0.3, 0.4) is 0 Å². The van der Waals surface area contributed by atoms with Crippen molar-refractivity contribution >= 4 is 5.97 Å². The summed E-state index contributed by atoms with van der Waals surface area (Å²) >= 11 is 0. The SMILES string of the molecule is CC(C)=C(CC(O)CO)C(=O)O. The first-order chi connectivity index (χ1) is 5.49. The number of carboxylic acid groups (broad SMARTS) is 1. The fourth-order valence-corrected chi connectivity index (χ4v) is 0.805. The Hall–Kier alpha value is -0.870. The molecule has 0 aliphatic carbocycles. The molecule has 0 saturated heterocycles. The molecular weight excluding hydrogens is 160 g/mol. The number of carboxylic acids is 1. The zero-order valence-corrected chi connectivity index (χ0v) is 7.24. The number of hydrogen-bond acceptors (Lipinski definition) is 3. The molecule has 0 aliphatic heterocycles. The van der Waals surface area contributed by atoms with Gasteiger partial charge in [-0.1, -0.05) is 5.57 Å². The van der Waals surface area contributed by atoms with Gasteiger partial charge in [-0.25, -0.2) is 4.79 Å². The number of hydrogen-bond donors (Lipinski definition) is 3. The Morgan fingerprint density at radius 2 is 1.92 bits per heavy atom. The second kappa shape index (κ2) is 4.90. The van der Waals surface area contributed by atoms with Crippen molar-refractivity contribution in [3.8, 4) is 0 Å². The Balaban J connectivity index is 4.37. The highest BCUT2D eigenvalue weighted by Gasteiger charge is 2.13. The van der Waals surface area contributed by atoms with Gasteiger partial charge in [0.05, 0.1) is 12.7 Å². The van der Waals surface area contributed by atoms with Crippen LogP contribution in [0.25, 0.3) is 0 Å². The minimum atomic E-state index is -1.04. The normalized spacial score (nSPS) is 12.3. The topological polar surface area (TPSA) is 77.8 Å². The Morgan fingerprint density at radius 1 is 1.42 bits per heavy atom. The van der Waals surface area contributed by atoms with Crippen molar-refractivity contribution in [1.82, 2.24) is 0 Å². The average molecular weight is 174 g/mol. The molecule has 0 aliphatic rings. The van der Waals surface area contributed by atoms with Crippen molar-refractivity contribution in [3.63, 3.8) is 0 Å². The molecule has 12 heavy (non-hydrogen) atoms. The molecule has 0 radical (unpaired) electrons. The first-order valence-electron chi connectivity index (χ1n) is 3.67. The smallest absolute Gasteiger partial charge is 0.331 e. The standard InChI is InChI=1S/C8H14O4/c1-5(2)7(8(11)12)3-6(10)4-9/h6,9-10H,3-4H2,1-2H3,(H,11,12). The monoisotopic (exact) mass is 174 g/mol. The van der Waals surface area contributed by atoms with Crippen LogP contribution in [0.5, 0.6) is 0 Å². The second-order valence-electron chi connectivity index (χ2n) is 2.82. The molecule has 0 aromatic heterocycles. The minimum absolute atomic E-state index is 0.00579. The molecule has 0 heterocycles. The fourth-order valence-electron chi connectivity index (χ4n) is 0.805. The summed E-state index contributed by atoms with van der Waals surface area (Å²) in [7, 11) is 0. The first-order valence-corrected chi connectivity index (χ1v) is 3.67. The van der Waals surface area contributed by atoms with Gasteiger partial charge in [-0.15, -0.1) is 0 Å². The zero-order valence-electron chi connectivity index (χ0n) is 7.24. The van der Waals surface area contributed by atoms with Gasteiger partial charge in [0.1, 0.15) is 0 Å². The van der Waals surface area contributed by atoms with Crippen LogP contribution in [0.15, 0.2) is 11.1 Å². The van der Waals surface area contributed by atoms with Crippen molar-refractivity contribution in [2.75, 3.05) is 6.61 Å². The molecule has 0 bridgehead atoms. The van der Waals surface area contributed by atoms with Crippen molar-refractivity contribution < 1.29 is 20.1 Å². The van der Waals surface area contributed by atoms with Gasteiger partial charge < -0.3 is 15.3 Å². The third-order valence-electron chi connectivity index (χ3n) is 1.51. The summed E-state index contributed by atoms with van der Waals surface area (Å²) in [6, 6.07) is 0. The number of carbonyl (C=O) groups is 1. The van der Waals surface area contributed by atoms with Gasteiger partial charge in [0.2, 0.25) is 0 Å². The van der Waals surface area contributed by atoms with Crippen LogP contribution in [0.2, 0.25) is 0 Å². The molecule has 0 rings (SSSR count). The highest BCUT2D eigenvalue weighted by Crippen LogP contribution is 2.10. The predicted molar refractivity (Wildman–Crippen MR) is 43.7 cm³/mol. The number of allylic oxidation sites excluding steroid dienone is 1. The van der Waals surface area contributed by atoms with Crippen molar-refractivity contribution in [3.05, 3.63) is 11.1 Å². The van der Waals surface area contributed by atoms with Crippen LogP contribution in [0, 0.1) is 0 Å². The summed E-state index contributed by atoms with van der Waals surface area (Å²) in [4.78, 5) is 10.5. The molecule has 0 aromatic carbocycles. The van der Waals surface area contributed by atoms with Gasteiger partial charge in [0, 0.05) is 12.0 Å². The number of rotatable bonds is 4. The quantitative estimate of drug-likeness (QED) is 0.530. The van der Waals surface area contributed by atoms with E-state index in [1.807, 2.05) is 0 Å². The molecule has 0 amide bonds. The second-order valence-corrected chi connectivity index (χ2v) is 2.82. The van der Waals surface area contributed by atoms with E-state index in [1.54, 1.807) is 13.8 Å². The summed E-state index contributed by atoms with van der Waals surface area (Å²) in [5.74, 6) is -1.04. The summed E-state index contributed by atoms with van der Waals surface area (Å²) in [5, 5.41) is 26.1. The lowest BCUT2D eigenvalue weighted by Crippen LogP contribution is -2.16. The Kier molecular flexibility index (Phi) is 4.54. The third kappa shape index (κ3) is 3.50. The zero-order chi connectivity index (χ0) is 9.72. The third-order valence-corrected chi connectivity index (χ3v) is 1.51. The molecule has 3 N–H and O–H groups in total. The maximum atomic E-state index is 10.5. The Morgan fingerprint density at radius 3 is 2.17 bits per heavy atom. The lowest BCUT2D eigenvalue weighted by Gasteiger charge is -2.08. The van der Waals surface area contributed by atoms with E-state index in [-0.39, 0.29) is 12.0 Å². The van der Waals surface area contributed by atoms with Crippen LogP contribution >= 0.6 is 0 Å². The highest BCUT2D eigenvalue weighted by atomic mass is 16.4. The summed E-state index contributed by atoms with van der Waals surface area (Å²) in [6.07, 6.45) is -0.986. The highest BCUT2D eigenvalue weighted by molar-refractivity contribution is 5.87. The molecule has 70 valence electrons. The van der Waals surface area contributed by atoms with E-state index in [9.17, 15) is 4.79 Å². The first kappa shape index (κ1) is 11.1. The van der Waals surface area contributed by atoms with Gasteiger partial charge in [0.15, 0.2) is 0 Å². The van der Waals surface area contributed by atoms with Crippen LogP contribution in [-0.2, 0) is 4.79 Å². The summed E-state index contributed by atoms with van der Waals surface area (Å²) < 4.78 is 0. The number of aliphatic hydroxyl groups is 2. The van der Waals surface area contributed by atoms with E-state index in [1.165, 1.54) is 0 Å². The fraction of sp³-hybridized carbons (Fsp3) is 0.625. The van der Waals surface area contributed by atoms with E-state index in [0.717, 1.165) is 0 Å². The van der Waals surface area contributed by atoms with E-state index in [2.05, 4.69) is 0 Å². The lowest BCUT2D eigenvalue weighted by atomic mass is 10.0. The maximum absolute atomic E-state index is 10.5. The largest absolute Gasteiger partial charge is 0.478 e. The van der Waals surface area contributed by atoms with E-state index in [0.29, 0.717) is 5.57 Å². The molecule has 0 aromatic rings. The van der Waals surface area contributed by atoms with Gasteiger partial charge in [-0.3, -0.25) is 0 Å². The van der Waals surface area contributed by atoms with Crippen molar-refractivity contribution in [2.24, 2.45) is 0 Å². The van der Waals surface area contributed by atoms with Gasteiger partial charge >= 0.3 is 5.97 Å². The molecule has 1 atom stereocenters. The van der Waals surface area contributed by atoms with Crippen LogP contribution in [0.4, 0.5) is 0 Å². The van der Waals surface area contributed by atoms with Crippen LogP contribution in [0.1, 0.15) is 20.3 Å². The molecule has 0 spiro atoms. The van der Waals surface area contributed by atoms with E-state index in [4.69, 9.17) is 15.3 Å². The number of aliphatic carboxylic acids is 1. The predicted octanol–water partition coefficient (Wildman–Crippen LogP) is 0.151. The molecule has 4 nitrogen and oxygen atoms in total. The van der Waals surface area contributed by atoms with Gasteiger partial charge in [-0.05, 0) is 13.8 Å². The van der Waals surface area contributed by atoms with Crippen molar-refractivity contribution in [2.45, 2.75) is 26.4 Å². The molecule has 4 heteroatoms. The lowest BCUT2D eigenvalue weighted by molar-refractivity contribution is -0.133. The average Bonchev–Trinajstić information content (AvgIpc) is 1.98. The molecule has 0 saturated carbocycles. The van der Waals surface area contributed by atoms with Crippen LogP contribution < -0.4 is 0 Å². The minimum Gasteiger partial charge on any atom is -0.478 e. The molecule has 0 fully saturated rings. The van der Waals surface area contributed by atoms with Gasteiger partial charge in [-0.2, -0.15) is 0 Å². The Bertz CT molecular complexity index is 191. The van der Waals surface area contributed by atoms with Crippen molar-refractivity contribution in [1.29, 1.82) is 0 Å². The summed E-state index contributed by atoms with van der Waals surface area (Å²) in [6.45, 7) is 2.91. The maximum Gasteiger partial charge on any atom is 0.331 e. The van der Waals surface area contributed by atoms with Crippen LogP contribution in [-0.4, -0.2) is 34.0 Å². The van der Waals surface area contributed by atoms with E-state index >= 15 is 0 Å². The molecule has 1 unspecified atom stereocenters. The van der Waals surface area contributed by atoms with E-state index < -0.39 is 18.7 Å². The number of aliphatic hydroxyl groups excluding tert-OH is 2. The van der Waals surface area contributed by atoms with Gasteiger partial charge in [0.25, 0.3) is 0 Å².